The molecule has 0 radical (unpaired) electrons. The van der Waals surface area contributed by atoms with Crippen LogP contribution in [-0.4, -0.2) is 59.8 Å². The van der Waals surface area contributed by atoms with Crippen LogP contribution in [0.3, 0.4) is 0 Å². The van der Waals surface area contributed by atoms with E-state index in [2.05, 4.69) is 5.32 Å². The average molecular weight is 260 g/mol. The minimum atomic E-state index is -1.04. The van der Waals surface area contributed by atoms with Crippen molar-refractivity contribution >= 4 is 11.9 Å². The van der Waals surface area contributed by atoms with Gasteiger partial charge in [-0.3, -0.25) is 9.59 Å². The maximum atomic E-state index is 11.7. The maximum absolute atomic E-state index is 11.7. The highest BCUT2D eigenvalue weighted by Gasteiger charge is 2.28. The Morgan fingerprint density at radius 3 is 2.17 bits per heavy atom. The predicted molar refractivity (Wildman–Crippen MR) is 68.2 cm³/mol. The topological polar surface area (TPSA) is 89.9 Å². The summed E-state index contributed by atoms with van der Waals surface area (Å²) in [7, 11) is 3.65. The molecule has 3 atom stereocenters. The number of carbonyl (C=O) groups excluding carboxylic acids is 1. The van der Waals surface area contributed by atoms with Gasteiger partial charge in [0.25, 0.3) is 0 Å². The largest absolute Gasteiger partial charge is 0.481 e. The van der Waals surface area contributed by atoms with Crippen LogP contribution in [0.5, 0.6) is 0 Å². The third kappa shape index (κ3) is 5.97. The molecule has 0 rings (SSSR count). The second-order valence-corrected chi connectivity index (χ2v) is 5.37. The molecular formula is C12H24N2O4. The Bertz CT molecular complexity index is 302. The second kappa shape index (κ2) is 6.70. The molecular weight excluding hydrogens is 236 g/mol. The summed E-state index contributed by atoms with van der Waals surface area (Å²) in [5.41, 5.74) is -1.04. The number of carbonyl (C=O) groups is 2. The molecule has 6 heteroatoms. The van der Waals surface area contributed by atoms with Crippen LogP contribution in [0.15, 0.2) is 0 Å². The molecule has 0 fully saturated rings. The summed E-state index contributed by atoms with van der Waals surface area (Å²) in [6.45, 7) is 5.19. The summed E-state index contributed by atoms with van der Waals surface area (Å²) in [4.78, 5) is 24.3. The minimum absolute atomic E-state index is 0.0979. The van der Waals surface area contributed by atoms with E-state index in [1.807, 2.05) is 19.0 Å². The summed E-state index contributed by atoms with van der Waals surface area (Å²) < 4.78 is 0. The van der Waals surface area contributed by atoms with E-state index in [1.54, 1.807) is 13.8 Å². The predicted octanol–water partition coefficient (Wildman–Crippen LogP) is -0.228. The van der Waals surface area contributed by atoms with Gasteiger partial charge in [0, 0.05) is 19.0 Å². The van der Waals surface area contributed by atoms with Crippen molar-refractivity contribution in [3.63, 3.8) is 0 Å². The van der Waals surface area contributed by atoms with Gasteiger partial charge in [-0.2, -0.15) is 0 Å². The van der Waals surface area contributed by atoms with Crippen LogP contribution in [0.1, 0.15) is 20.8 Å². The monoisotopic (exact) mass is 260 g/mol. The highest BCUT2D eigenvalue weighted by Crippen LogP contribution is 2.11. The molecule has 0 saturated carbocycles. The molecule has 0 aliphatic rings. The molecule has 0 saturated heterocycles. The van der Waals surface area contributed by atoms with Crippen LogP contribution in [0, 0.1) is 11.8 Å². The van der Waals surface area contributed by atoms with Gasteiger partial charge in [0.15, 0.2) is 0 Å². The van der Waals surface area contributed by atoms with E-state index in [1.165, 1.54) is 6.92 Å². The van der Waals surface area contributed by atoms with E-state index in [4.69, 9.17) is 5.11 Å². The number of aliphatic hydroxyl groups is 1. The smallest absolute Gasteiger partial charge is 0.307 e. The molecule has 6 nitrogen and oxygen atoms in total. The lowest BCUT2D eigenvalue weighted by atomic mass is 9.95. The highest BCUT2D eigenvalue weighted by molar-refractivity contribution is 5.84. The molecule has 0 heterocycles. The van der Waals surface area contributed by atoms with E-state index >= 15 is 0 Å². The Morgan fingerprint density at radius 2 is 1.78 bits per heavy atom. The van der Waals surface area contributed by atoms with Gasteiger partial charge in [-0.25, -0.2) is 0 Å². The standard InChI is InChI=1S/C12H24N2O4/c1-8(9(2)11(16)17)10(15)13-6-12(3,18)7-14(4)5/h8-9,18H,6-7H2,1-5H3,(H,13,15)(H,16,17). The first-order valence-electron chi connectivity index (χ1n) is 5.94. The second-order valence-electron chi connectivity index (χ2n) is 5.37. The number of hydrogen-bond acceptors (Lipinski definition) is 4. The van der Waals surface area contributed by atoms with Crippen LogP contribution >= 0.6 is 0 Å². The Balaban J connectivity index is 4.29. The van der Waals surface area contributed by atoms with Crippen molar-refractivity contribution in [3.8, 4) is 0 Å². The van der Waals surface area contributed by atoms with Crippen molar-refractivity contribution in [2.24, 2.45) is 11.8 Å². The molecule has 0 aromatic carbocycles. The van der Waals surface area contributed by atoms with Crippen LogP contribution < -0.4 is 5.32 Å². The number of nitrogens with one attached hydrogen (secondary N) is 1. The molecule has 18 heavy (non-hydrogen) atoms. The third-order valence-corrected chi connectivity index (χ3v) is 2.85. The first-order valence-corrected chi connectivity index (χ1v) is 5.94. The molecule has 0 aromatic rings. The highest BCUT2D eigenvalue weighted by atomic mass is 16.4. The van der Waals surface area contributed by atoms with Gasteiger partial charge in [0.05, 0.1) is 11.5 Å². The SMILES string of the molecule is CC(C(=O)O)C(C)C(=O)NCC(C)(O)CN(C)C. The van der Waals surface area contributed by atoms with Crippen molar-refractivity contribution < 1.29 is 19.8 Å². The first-order chi connectivity index (χ1) is 8.07. The Labute approximate surface area is 108 Å². The van der Waals surface area contributed by atoms with Gasteiger partial charge in [0.1, 0.15) is 0 Å². The van der Waals surface area contributed by atoms with Crippen molar-refractivity contribution in [2.75, 3.05) is 27.2 Å². The maximum Gasteiger partial charge on any atom is 0.307 e. The van der Waals surface area contributed by atoms with Crippen LogP contribution in [-0.2, 0) is 9.59 Å². The van der Waals surface area contributed by atoms with Gasteiger partial charge < -0.3 is 20.4 Å². The van der Waals surface area contributed by atoms with Crippen molar-refractivity contribution in [3.05, 3.63) is 0 Å². The first kappa shape index (κ1) is 16.9. The van der Waals surface area contributed by atoms with Gasteiger partial charge >= 0.3 is 5.97 Å². The molecule has 0 aliphatic carbocycles. The van der Waals surface area contributed by atoms with Gasteiger partial charge in [-0.1, -0.05) is 13.8 Å². The summed E-state index contributed by atoms with van der Waals surface area (Å²) >= 11 is 0. The summed E-state index contributed by atoms with van der Waals surface area (Å²) in [6, 6.07) is 0. The molecule has 0 bridgehead atoms. The fourth-order valence-electron chi connectivity index (χ4n) is 1.62. The van der Waals surface area contributed by atoms with Gasteiger partial charge in [0.2, 0.25) is 5.91 Å². The Kier molecular flexibility index (Phi) is 6.28. The molecule has 1 amide bonds. The number of amides is 1. The summed E-state index contributed by atoms with van der Waals surface area (Å²) in [6.07, 6.45) is 0. The molecule has 106 valence electrons. The third-order valence-electron chi connectivity index (χ3n) is 2.85. The number of hydrogen-bond donors (Lipinski definition) is 3. The Hall–Kier alpha value is -1.14. The molecule has 3 N–H and O–H groups in total. The minimum Gasteiger partial charge on any atom is -0.481 e. The van der Waals surface area contributed by atoms with Gasteiger partial charge in [-0.05, 0) is 21.0 Å². The van der Waals surface area contributed by atoms with E-state index in [0.717, 1.165) is 0 Å². The van der Waals surface area contributed by atoms with Crippen molar-refractivity contribution in [1.29, 1.82) is 0 Å². The summed E-state index contributed by atoms with van der Waals surface area (Å²) in [5, 5.41) is 21.4. The molecule has 0 aromatic heterocycles. The zero-order valence-corrected chi connectivity index (χ0v) is 11.7. The van der Waals surface area contributed by atoms with E-state index in [0.29, 0.717) is 6.54 Å². The zero-order chi connectivity index (χ0) is 14.5. The van der Waals surface area contributed by atoms with E-state index in [9.17, 15) is 14.7 Å². The fraction of sp³-hybridized carbons (Fsp3) is 0.833. The van der Waals surface area contributed by atoms with Crippen LogP contribution in [0.4, 0.5) is 0 Å². The number of aliphatic carboxylic acids is 1. The lowest BCUT2D eigenvalue weighted by molar-refractivity contribution is -0.146. The lowest BCUT2D eigenvalue weighted by Crippen LogP contribution is -2.48. The number of carboxylic acid groups (broad SMARTS) is 1. The molecule has 0 spiro atoms. The van der Waals surface area contributed by atoms with Gasteiger partial charge in [-0.15, -0.1) is 0 Å². The average Bonchev–Trinajstić information content (AvgIpc) is 2.21. The van der Waals surface area contributed by atoms with Crippen LogP contribution in [0.25, 0.3) is 0 Å². The molecule has 3 unspecified atom stereocenters. The van der Waals surface area contributed by atoms with Crippen molar-refractivity contribution in [1.82, 2.24) is 10.2 Å². The Morgan fingerprint density at radius 1 is 1.28 bits per heavy atom. The summed E-state index contributed by atoms with van der Waals surface area (Å²) in [5.74, 6) is -2.73. The lowest BCUT2D eigenvalue weighted by Gasteiger charge is -2.28. The zero-order valence-electron chi connectivity index (χ0n) is 11.7. The normalized spacial score (nSPS) is 17.9. The number of carboxylic acids is 1. The number of rotatable bonds is 7. The van der Waals surface area contributed by atoms with Crippen LogP contribution in [0.2, 0.25) is 0 Å². The van der Waals surface area contributed by atoms with E-state index in [-0.39, 0.29) is 12.5 Å². The quantitative estimate of drug-likeness (QED) is 0.588. The van der Waals surface area contributed by atoms with E-state index < -0.39 is 23.4 Å². The molecule has 0 aliphatic heterocycles. The number of nitrogens with zero attached hydrogens (tertiary/aromatic N) is 1. The van der Waals surface area contributed by atoms with Crippen molar-refractivity contribution in [2.45, 2.75) is 26.4 Å². The fourth-order valence-corrected chi connectivity index (χ4v) is 1.62. The number of likely N-dealkylation sites (N-methyl/N-ethyl adjacent to an activating group) is 1.